The maximum Gasteiger partial charge on any atom is 0.336 e. The Morgan fingerprint density at radius 3 is 1.18 bits per heavy atom. The molecule has 0 radical (unpaired) electrons. The van der Waals surface area contributed by atoms with Crippen molar-refractivity contribution in [3.05, 3.63) is 88.0 Å². The van der Waals surface area contributed by atoms with Gasteiger partial charge in [-0.15, -0.1) is 0 Å². The molecular formula is C36H45N9O6. The topological polar surface area (TPSA) is 237 Å². The van der Waals surface area contributed by atoms with E-state index >= 15 is 0 Å². The average molecular weight is 700 g/mol. The number of nitriles is 3. The van der Waals surface area contributed by atoms with Crippen LogP contribution in [0.3, 0.4) is 0 Å². The summed E-state index contributed by atoms with van der Waals surface area (Å²) in [6.07, 6.45) is 10.5. The highest BCUT2D eigenvalue weighted by molar-refractivity contribution is 6.03. The standard InChI is InChI=1S/3C9H13N3.C9H6O6/c3*1-3-9-11-8(2)7-12(9)6-4-5-10;10-7(11)4-1-2-5(8(12)13)6(3-4)9(14)15/h3*7H,3-4,6H2,1-2H3;1-3H,(H,10,11)(H,12,13)(H,14,15). The van der Waals surface area contributed by atoms with Gasteiger partial charge in [0.05, 0.1) is 71.2 Å². The molecule has 0 bridgehead atoms. The summed E-state index contributed by atoms with van der Waals surface area (Å²) in [5, 5.41) is 51.1. The van der Waals surface area contributed by atoms with Crippen LogP contribution < -0.4 is 0 Å². The molecule has 0 atom stereocenters. The predicted octanol–water partition coefficient (Wildman–Crippen LogP) is 5.78. The normalized spacial score (nSPS) is 9.71. The van der Waals surface area contributed by atoms with Crippen LogP contribution in [0.2, 0.25) is 0 Å². The van der Waals surface area contributed by atoms with Gasteiger partial charge < -0.3 is 29.0 Å². The van der Waals surface area contributed by atoms with Crippen molar-refractivity contribution in [1.82, 2.24) is 28.7 Å². The fourth-order valence-electron chi connectivity index (χ4n) is 4.77. The van der Waals surface area contributed by atoms with E-state index in [0.29, 0.717) is 19.3 Å². The molecule has 0 aliphatic carbocycles. The van der Waals surface area contributed by atoms with Crippen molar-refractivity contribution in [3.8, 4) is 18.2 Å². The smallest absolute Gasteiger partial charge is 0.336 e. The number of benzene rings is 1. The number of aryl methyl sites for hydroxylation is 9. The minimum absolute atomic E-state index is 0.266. The molecular weight excluding hydrogens is 654 g/mol. The first-order valence-corrected chi connectivity index (χ1v) is 16.3. The molecule has 0 spiro atoms. The van der Waals surface area contributed by atoms with E-state index in [9.17, 15) is 14.4 Å². The quantitative estimate of drug-likeness (QED) is 0.159. The Labute approximate surface area is 297 Å². The molecule has 0 amide bonds. The Kier molecular flexibility index (Phi) is 18.8. The molecule has 3 heterocycles. The Morgan fingerprint density at radius 2 is 0.922 bits per heavy atom. The van der Waals surface area contributed by atoms with Crippen LogP contribution in [-0.2, 0) is 38.9 Å². The number of aromatic carboxylic acids is 3. The van der Waals surface area contributed by atoms with Gasteiger partial charge in [-0.05, 0) is 39.0 Å². The second kappa shape index (κ2) is 22.4. The van der Waals surface area contributed by atoms with Gasteiger partial charge in [-0.3, -0.25) is 0 Å². The van der Waals surface area contributed by atoms with Crippen molar-refractivity contribution in [1.29, 1.82) is 15.8 Å². The summed E-state index contributed by atoms with van der Waals surface area (Å²) >= 11 is 0. The maximum atomic E-state index is 10.6. The van der Waals surface area contributed by atoms with Crippen molar-refractivity contribution in [2.45, 2.75) is 99.7 Å². The first kappa shape index (κ1) is 42.8. The van der Waals surface area contributed by atoms with Gasteiger partial charge in [0.2, 0.25) is 0 Å². The van der Waals surface area contributed by atoms with Gasteiger partial charge in [-0.1, -0.05) is 20.8 Å². The highest BCUT2D eigenvalue weighted by Crippen LogP contribution is 2.13. The molecule has 4 aromatic rings. The molecule has 15 heteroatoms. The monoisotopic (exact) mass is 699 g/mol. The molecule has 0 saturated carbocycles. The van der Waals surface area contributed by atoms with Gasteiger partial charge in [0, 0.05) is 57.5 Å². The van der Waals surface area contributed by atoms with Gasteiger partial charge in [0.1, 0.15) is 17.5 Å². The van der Waals surface area contributed by atoms with Crippen LogP contribution in [-0.4, -0.2) is 61.9 Å². The zero-order valence-corrected chi connectivity index (χ0v) is 29.9. The van der Waals surface area contributed by atoms with E-state index < -0.39 is 29.0 Å². The molecule has 0 aliphatic rings. The van der Waals surface area contributed by atoms with Crippen LogP contribution in [0, 0.1) is 54.8 Å². The third-order valence-electron chi connectivity index (χ3n) is 7.01. The van der Waals surface area contributed by atoms with E-state index in [-0.39, 0.29) is 5.56 Å². The van der Waals surface area contributed by atoms with Gasteiger partial charge in [-0.25, -0.2) is 29.3 Å². The molecule has 3 aromatic heterocycles. The molecule has 15 nitrogen and oxygen atoms in total. The molecule has 1 aromatic carbocycles. The van der Waals surface area contributed by atoms with Crippen LogP contribution in [0.4, 0.5) is 0 Å². The predicted molar refractivity (Wildman–Crippen MR) is 187 cm³/mol. The number of nitrogens with zero attached hydrogens (tertiary/aromatic N) is 9. The minimum Gasteiger partial charge on any atom is -0.478 e. The zero-order valence-electron chi connectivity index (χ0n) is 29.9. The number of rotatable bonds is 12. The molecule has 0 aliphatic heterocycles. The lowest BCUT2D eigenvalue weighted by Crippen LogP contribution is -2.10. The van der Waals surface area contributed by atoms with Crippen molar-refractivity contribution in [3.63, 3.8) is 0 Å². The Hall–Kier alpha value is -6.27. The van der Waals surface area contributed by atoms with Crippen LogP contribution in [0.25, 0.3) is 0 Å². The first-order chi connectivity index (χ1) is 24.3. The lowest BCUT2D eigenvalue weighted by molar-refractivity contribution is 0.0649. The fourth-order valence-corrected chi connectivity index (χ4v) is 4.77. The Balaban J connectivity index is 0.000000342. The second-order valence-corrected chi connectivity index (χ2v) is 10.9. The van der Waals surface area contributed by atoms with Crippen LogP contribution in [0.15, 0.2) is 36.8 Å². The number of aromatic nitrogens is 6. The number of carbonyl (C=O) groups is 3. The third kappa shape index (κ3) is 14.4. The van der Waals surface area contributed by atoms with Crippen LogP contribution >= 0.6 is 0 Å². The van der Waals surface area contributed by atoms with Crippen molar-refractivity contribution in [2.24, 2.45) is 0 Å². The Morgan fingerprint density at radius 1 is 0.588 bits per heavy atom. The summed E-state index contributed by atoms with van der Waals surface area (Å²) in [6.45, 7) is 14.4. The summed E-state index contributed by atoms with van der Waals surface area (Å²) in [5.74, 6) is -0.984. The number of carboxylic acid groups (broad SMARTS) is 3. The summed E-state index contributed by atoms with van der Waals surface area (Å²) in [7, 11) is 0. The molecule has 270 valence electrons. The molecule has 4 rings (SSSR count). The van der Waals surface area contributed by atoms with Gasteiger partial charge in [0.25, 0.3) is 0 Å². The fraction of sp³-hybridized carbons (Fsp3) is 0.417. The number of hydrogen-bond acceptors (Lipinski definition) is 9. The van der Waals surface area contributed by atoms with Gasteiger partial charge >= 0.3 is 17.9 Å². The molecule has 0 saturated heterocycles. The third-order valence-corrected chi connectivity index (χ3v) is 7.01. The summed E-state index contributed by atoms with van der Waals surface area (Å²) in [4.78, 5) is 44.8. The van der Waals surface area contributed by atoms with Crippen LogP contribution in [0.5, 0.6) is 0 Å². The zero-order chi connectivity index (χ0) is 38.5. The SMILES string of the molecule is CCc1nc(C)cn1CCC#N.CCc1nc(C)cn1CCC#N.CCc1nc(C)cn1CCC#N.O=C(O)c1ccc(C(=O)O)c(C(=O)O)c1. The van der Waals surface area contributed by atoms with E-state index in [1.807, 2.05) is 39.4 Å². The van der Waals surface area contributed by atoms with Gasteiger partial charge in [0.15, 0.2) is 0 Å². The van der Waals surface area contributed by atoms with Crippen LogP contribution in [0.1, 0.15) is 106 Å². The van der Waals surface area contributed by atoms with Crippen molar-refractivity contribution in [2.75, 3.05) is 0 Å². The highest BCUT2D eigenvalue weighted by Gasteiger charge is 2.18. The van der Waals surface area contributed by atoms with E-state index in [1.54, 1.807) is 0 Å². The lowest BCUT2D eigenvalue weighted by atomic mass is 10.0. The summed E-state index contributed by atoms with van der Waals surface area (Å²) in [6, 6.07) is 9.19. The van der Waals surface area contributed by atoms with E-state index in [2.05, 4.69) is 67.6 Å². The number of carboxylic acids is 3. The molecule has 0 unspecified atom stereocenters. The highest BCUT2D eigenvalue weighted by atomic mass is 16.4. The first-order valence-electron chi connectivity index (χ1n) is 16.3. The minimum atomic E-state index is -1.48. The molecule has 0 fully saturated rings. The van der Waals surface area contributed by atoms with E-state index in [0.717, 1.165) is 91.7 Å². The average Bonchev–Trinajstić information content (AvgIpc) is 3.79. The summed E-state index contributed by atoms with van der Waals surface area (Å²) in [5.41, 5.74) is 1.85. The van der Waals surface area contributed by atoms with E-state index in [4.69, 9.17) is 31.1 Å². The number of hydrogen-bond donors (Lipinski definition) is 3. The second-order valence-electron chi connectivity index (χ2n) is 10.9. The lowest BCUT2D eigenvalue weighted by Gasteiger charge is -2.02. The largest absolute Gasteiger partial charge is 0.478 e. The molecule has 3 N–H and O–H groups in total. The summed E-state index contributed by atoms with van der Waals surface area (Å²) < 4.78 is 6.16. The van der Waals surface area contributed by atoms with Crippen molar-refractivity contribution < 1.29 is 29.7 Å². The van der Waals surface area contributed by atoms with Crippen molar-refractivity contribution >= 4 is 17.9 Å². The maximum absolute atomic E-state index is 10.6. The van der Waals surface area contributed by atoms with E-state index in [1.165, 1.54) is 0 Å². The molecule has 51 heavy (non-hydrogen) atoms. The number of imidazole rings is 3. The van der Waals surface area contributed by atoms with Gasteiger partial charge in [-0.2, -0.15) is 15.8 Å². The Bertz CT molecular complexity index is 1740.